The lowest BCUT2D eigenvalue weighted by Crippen LogP contribution is -2.58. The summed E-state index contributed by atoms with van der Waals surface area (Å²) in [5.74, 6) is 3.77. The van der Waals surface area contributed by atoms with Crippen LogP contribution in [0.15, 0.2) is 39.3 Å². The molecule has 0 radical (unpaired) electrons. The van der Waals surface area contributed by atoms with Crippen molar-refractivity contribution in [1.29, 1.82) is 0 Å². The predicted molar refractivity (Wildman–Crippen MR) is 97.4 cm³/mol. The van der Waals surface area contributed by atoms with E-state index in [0.29, 0.717) is 5.54 Å². The van der Waals surface area contributed by atoms with Gasteiger partial charge in [0.2, 0.25) is 0 Å². The van der Waals surface area contributed by atoms with Gasteiger partial charge in [0.1, 0.15) is 0 Å². The summed E-state index contributed by atoms with van der Waals surface area (Å²) in [7, 11) is 0. The van der Waals surface area contributed by atoms with E-state index in [4.69, 9.17) is 4.52 Å². The Balaban J connectivity index is 1.28. The molecule has 126 valence electrons. The first-order chi connectivity index (χ1) is 11.7. The molecule has 0 unspecified atom stereocenters. The first-order valence-electron chi connectivity index (χ1n) is 9.14. The van der Waals surface area contributed by atoms with Gasteiger partial charge in [0, 0.05) is 28.2 Å². The van der Waals surface area contributed by atoms with E-state index >= 15 is 0 Å². The maximum Gasteiger partial charge on any atom is 0.167 e. The second kappa shape index (κ2) is 5.70. The minimum absolute atomic E-state index is 0.380. The van der Waals surface area contributed by atoms with E-state index in [2.05, 4.69) is 44.6 Å². The molecule has 1 aromatic heterocycles. The van der Waals surface area contributed by atoms with E-state index in [1.165, 1.54) is 38.5 Å². The maximum absolute atomic E-state index is 5.56. The van der Waals surface area contributed by atoms with Crippen molar-refractivity contribution in [3.8, 4) is 11.3 Å². The molecule has 3 nitrogen and oxygen atoms in total. The predicted octanol–water partition coefficient (Wildman–Crippen LogP) is 5.16. The first-order valence-corrected chi connectivity index (χ1v) is 9.93. The van der Waals surface area contributed by atoms with Crippen molar-refractivity contribution in [1.82, 2.24) is 10.5 Å². The number of hydrogen-bond acceptors (Lipinski definition) is 3. The SMILES string of the molecule is Brc1ccc(-c2cc(CNC34CC5CC(CC(C5)C3)C4)no2)cc1. The standard InChI is InChI=1S/C20H23BrN2O/c21-17-3-1-16(2-4-17)19-8-18(23-24-19)12-22-20-9-13-5-14(10-20)7-15(6-13)11-20/h1-4,8,13-15,22H,5-7,9-12H2. The average molecular weight is 387 g/mol. The molecule has 0 amide bonds. The van der Waals surface area contributed by atoms with Crippen molar-refractivity contribution in [2.75, 3.05) is 0 Å². The zero-order valence-electron chi connectivity index (χ0n) is 13.8. The lowest BCUT2D eigenvalue weighted by molar-refractivity contribution is -0.0208. The van der Waals surface area contributed by atoms with Crippen LogP contribution in [0.1, 0.15) is 44.2 Å². The second-order valence-corrected chi connectivity index (χ2v) is 9.16. The molecule has 0 saturated heterocycles. The average Bonchev–Trinajstić information content (AvgIpc) is 3.01. The number of rotatable bonds is 4. The Hall–Kier alpha value is -1.13. The van der Waals surface area contributed by atoms with Crippen LogP contribution in [-0.2, 0) is 6.54 Å². The minimum Gasteiger partial charge on any atom is -0.356 e. The Morgan fingerprint density at radius 1 is 1.04 bits per heavy atom. The number of nitrogens with one attached hydrogen (secondary N) is 1. The van der Waals surface area contributed by atoms with Gasteiger partial charge in [-0.2, -0.15) is 0 Å². The molecule has 1 heterocycles. The van der Waals surface area contributed by atoms with E-state index in [1.54, 1.807) is 0 Å². The first kappa shape index (κ1) is 15.2. The highest BCUT2D eigenvalue weighted by atomic mass is 79.9. The van der Waals surface area contributed by atoms with Gasteiger partial charge in [-0.15, -0.1) is 0 Å². The molecule has 4 saturated carbocycles. The molecule has 4 aliphatic carbocycles. The van der Waals surface area contributed by atoms with E-state index < -0.39 is 0 Å². The van der Waals surface area contributed by atoms with E-state index in [9.17, 15) is 0 Å². The summed E-state index contributed by atoms with van der Waals surface area (Å²) in [6.45, 7) is 0.826. The Bertz CT molecular complexity index is 701. The van der Waals surface area contributed by atoms with Crippen LogP contribution in [0.2, 0.25) is 0 Å². The fourth-order valence-electron chi connectivity index (χ4n) is 5.75. The molecule has 4 aliphatic rings. The number of aromatic nitrogens is 1. The third-order valence-corrected chi connectivity index (χ3v) is 6.90. The van der Waals surface area contributed by atoms with Crippen molar-refractivity contribution < 1.29 is 4.52 Å². The molecule has 0 atom stereocenters. The van der Waals surface area contributed by atoms with E-state index in [0.717, 1.165) is 45.8 Å². The summed E-state index contributed by atoms with van der Waals surface area (Å²) in [4.78, 5) is 0. The zero-order valence-corrected chi connectivity index (χ0v) is 15.4. The lowest BCUT2D eigenvalue weighted by atomic mass is 9.53. The molecule has 0 aliphatic heterocycles. The summed E-state index contributed by atoms with van der Waals surface area (Å²) in [5.41, 5.74) is 2.47. The highest BCUT2D eigenvalue weighted by molar-refractivity contribution is 9.10. The van der Waals surface area contributed by atoms with Crippen LogP contribution < -0.4 is 5.32 Å². The van der Waals surface area contributed by atoms with Gasteiger partial charge in [-0.25, -0.2) is 0 Å². The van der Waals surface area contributed by atoms with Crippen LogP contribution in [0, 0.1) is 17.8 Å². The van der Waals surface area contributed by atoms with Crippen LogP contribution in [0.3, 0.4) is 0 Å². The van der Waals surface area contributed by atoms with Crippen LogP contribution in [0.4, 0.5) is 0 Å². The fraction of sp³-hybridized carbons (Fsp3) is 0.550. The molecule has 4 heteroatoms. The number of hydrogen-bond donors (Lipinski definition) is 1. The van der Waals surface area contributed by atoms with Gasteiger partial charge < -0.3 is 9.84 Å². The van der Waals surface area contributed by atoms with Crippen LogP contribution in [0.25, 0.3) is 11.3 Å². The smallest absolute Gasteiger partial charge is 0.167 e. The minimum atomic E-state index is 0.380. The molecule has 1 N–H and O–H groups in total. The Morgan fingerprint density at radius 3 is 2.29 bits per heavy atom. The van der Waals surface area contributed by atoms with Crippen LogP contribution in [0.5, 0.6) is 0 Å². The highest BCUT2D eigenvalue weighted by Gasteiger charge is 2.50. The fourth-order valence-corrected chi connectivity index (χ4v) is 6.01. The highest BCUT2D eigenvalue weighted by Crippen LogP contribution is 2.55. The van der Waals surface area contributed by atoms with Crippen LogP contribution in [-0.4, -0.2) is 10.7 Å². The lowest BCUT2D eigenvalue weighted by Gasteiger charge is -2.57. The molecule has 1 aromatic carbocycles. The van der Waals surface area contributed by atoms with Crippen molar-refractivity contribution in [2.45, 2.75) is 50.6 Å². The van der Waals surface area contributed by atoms with E-state index in [1.807, 2.05) is 12.1 Å². The Kier molecular flexibility index (Phi) is 3.60. The van der Waals surface area contributed by atoms with Gasteiger partial charge in [-0.3, -0.25) is 0 Å². The van der Waals surface area contributed by atoms with Crippen molar-refractivity contribution in [2.24, 2.45) is 17.8 Å². The van der Waals surface area contributed by atoms with Gasteiger partial charge in [0.15, 0.2) is 5.76 Å². The summed E-state index contributed by atoms with van der Waals surface area (Å²) >= 11 is 3.47. The largest absolute Gasteiger partial charge is 0.356 e. The van der Waals surface area contributed by atoms with E-state index in [-0.39, 0.29) is 0 Å². The zero-order chi connectivity index (χ0) is 16.1. The molecule has 2 aromatic rings. The Morgan fingerprint density at radius 2 is 1.67 bits per heavy atom. The van der Waals surface area contributed by atoms with Crippen molar-refractivity contribution >= 4 is 15.9 Å². The molecular weight excluding hydrogens is 364 g/mol. The maximum atomic E-state index is 5.56. The third-order valence-electron chi connectivity index (χ3n) is 6.37. The van der Waals surface area contributed by atoms with Gasteiger partial charge in [-0.1, -0.05) is 33.2 Å². The molecule has 0 spiro atoms. The van der Waals surface area contributed by atoms with Gasteiger partial charge in [-0.05, 0) is 68.4 Å². The number of nitrogens with zero attached hydrogens (tertiary/aromatic N) is 1. The molecule has 4 bridgehead atoms. The quantitative estimate of drug-likeness (QED) is 0.787. The monoisotopic (exact) mass is 386 g/mol. The second-order valence-electron chi connectivity index (χ2n) is 8.24. The summed E-state index contributed by atoms with van der Waals surface area (Å²) in [6.07, 6.45) is 8.57. The number of halogens is 1. The van der Waals surface area contributed by atoms with Gasteiger partial charge in [0.05, 0.1) is 5.69 Å². The van der Waals surface area contributed by atoms with Crippen LogP contribution >= 0.6 is 15.9 Å². The van der Waals surface area contributed by atoms with Gasteiger partial charge >= 0.3 is 0 Å². The molecule has 24 heavy (non-hydrogen) atoms. The molecule has 6 rings (SSSR count). The molecular formula is C20H23BrN2O. The summed E-state index contributed by atoms with van der Waals surface area (Å²) < 4.78 is 6.63. The third kappa shape index (κ3) is 2.74. The summed E-state index contributed by atoms with van der Waals surface area (Å²) in [6, 6.07) is 10.3. The van der Waals surface area contributed by atoms with Crippen molar-refractivity contribution in [3.63, 3.8) is 0 Å². The Labute approximate surface area is 151 Å². The van der Waals surface area contributed by atoms with Gasteiger partial charge in [0.25, 0.3) is 0 Å². The van der Waals surface area contributed by atoms with Crippen molar-refractivity contribution in [3.05, 3.63) is 40.5 Å². The molecule has 4 fully saturated rings. The topological polar surface area (TPSA) is 38.1 Å². The number of benzene rings is 1. The normalized spacial score (nSPS) is 34.0. The summed E-state index contributed by atoms with van der Waals surface area (Å²) in [5, 5.41) is 8.17.